The lowest BCUT2D eigenvalue weighted by Gasteiger charge is -2.19. The van der Waals surface area contributed by atoms with Gasteiger partial charge in [0.25, 0.3) is 22.2 Å². The van der Waals surface area contributed by atoms with Crippen molar-refractivity contribution in [2.75, 3.05) is 0 Å². The summed E-state index contributed by atoms with van der Waals surface area (Å²) < 4.78 is 4.15. The number of fused-ring (bicyclic) bond motifs is 20. The summed E-state index contributed by atoms with van der Waals surface area (Å²) in [6.07, 6.45) is 0. The first-order valence-corrected chi connectivity index (χ1v) is 29.4. The molecule has 0 radical (unpaired) electrons. The van der Waals surface area contributed by atoms with Gasteiger partial charge in [-0.1, -0.05) is 126 Å². The van der Waals surface area contributed by atoms with Crippen LogP contribution in [-0.4, -0.2) is 37.5 Å². The Bertz CT molecular complexity index is 6950. The maximum atomic E-state index is 14.1. The van der Waals surface area contributed by atoms with E-state index in [1.54, 1.807) is 36.4 Å². The standard InChI is InChI=1S/C40H30N6O4.C32H14N6O4/c1-39(2,3)21-9-7-17-13-23-25(15-19(17)11-21)35-43-29-27(37(49)45(35)33(23)41)32(48)30-28(31(29)47)38(50)46-34(42)24-14-18-8-10-22(40(4,5)6)12-20(18)16-26(24)36(46)44-30;33-27-17-9-13-5-1-3-7-15(13)11-19(17)29-35-23-21(31(41)37(27)29)25(39)24-22(26(23)40)32(42)38-28(34)18-10-14-6-2-4-8-16(14)12-20(18)30(38)36-24/h7-16,41-42H,1-6H3;1-12,33-34H. The molecule has 0 spiro atoms. The fraction of sp³-hybridized carbons (Fsp3) is 0.111. The zero-order chi connectivity index (χ0) is 63.9. The summed E-state index contributed by atoms with van der Waals surface area (Å²) >= 11 is 0. The van der Waals surface area contributed by atoms with Crippen molar-refractivity contribution in [3.05, 3.63) is 249 Å². The molecule has 440 valence electrons. The fourth-order valence-corrected chi connectivity index (χ4v) is 13.6. The van der Waals surface area contributed by atoms with Gasteiger partial charge in [0.15, 0.2) is 0 Å². The van der Waals surface area contributed by atoms with Gasteiger partial charge < -0.3 is 0 Å². The Morgan fingerprint density at radius 2 is 0.500 bits per heavy atom. The summed E-state index contributed by atoms with van der Waals surface area (Å²) in [6, 6.07) is 41.5. The van der Waals surface area contributed by atoms with E-state index in [9.17, 15) is 38.4 Å². The highest BCUT2D eigenvalue weighted by molar-refractivity contribution is 6.11. The Kier molecular flexibility index (Phi) is 10.4. The first-order valence-electron chi connectivity index (χ1n) is 29.4. The smallest absolute Gasteiger partial charge is 0.271 e. The minimum atomic E-state index is -0.914. The Hall–Kier alpha value is -12.3. The highest BCUT2D eigenvalue weighted by Gasteiger charge is 2.28. The van der Waals surface area contributed by atoms with E-state index in [0.717, 1.165) is 71.8 Å². The first kappa shape index (κ1) is 53.9. The third-order valence-corrected chi connectivity index (χ3v) is 18.4. The predicted octanol–water partition coefficient (Wildman–Crippen LogP) is 7.82. The summed E-state index contributed by atoms with van der Waals surface area (Å²) in [4.78, 5) is 130. The number of rotatable bonds is 0. The molecule has 20 nitrogen and oxygen atoms in total. The zero-order valence-corrected chi connectivity index (χ0v) is 49.5. The van der Waals surface area contributed by atoms with Crippen LogP contribution in [-0.2, 0) is 10.8 Å². The van der Waals surface area contributed by atoms with Crippen LogP contribution in [0.1, 0.15) is 52.7 Å². The van der Waals surface area contributed by atoms with Gasteiger partial charge in [0.05, 0.1) is 0 Å². The lowest BCUT2D eigenvalue weighted by atomic mass is 9.86. The average molecular weight is 1210 g/mol. The lowest BCUT2D eigenvalue weighted by Crippen LogP contribution is -2.34. The summed E-state index contributed by atoms with van der Waals surface area (Å²) in [7, 11) is 0. The molecule has 0 aliphatic heterocycles. The normalized spacial score (nSPS) is 12.8. The molecule has 4 N–H and O–H groups in total. The molecule has 0 aliphatic carbocycles. The minimum Gasteiger partial charge on any atom is -0.287 e. The van der Waals surface area contributed by atoms with Crippen LogP contribution in [0.15, 0.2) is 172 Å². The van der Waals surface area contributed by atoms with Crippen molar-refractivity contribution in [3.63, 3.8) is 0 Å². The van der Waals surface area contributed by atoms with Crippen LogP contribution in [0.3, 0.4) is 0 Å². The molecule has 92 heavy (non-hydrogen) atoms. The average Bonchev–Trinajstić information content (AvgIpc) is 1.46. The van der Waals surface area contributed by atoms with Crippen LogP contribution in [0.25, 0.3) is 152 Å². The van der Waals surface area contributed by atoms with E-state index in [1.165, 1.54) is 0 Å². The summed E-state index contributed by atoms with van der Waals surface area (Å²) in [5.74, 6) is 0. The third kappa shape index (κ3) is 6.99. The second-order valence-corrected chi connectivity index (χ2v) is 25.8. The van der Waals surface area contributed by atoms with Crippen LogP contribution in [0.5, 0.6) is 0 Å². The third-order valence-electron chi connectivity index (χ3n) is 18.4. The monoisotopic (exact) mass is 1200 g/mol. The maximum absolute atomic E-state index is 14.1. The molecule has 0 unspecified atom stereocenters. The lowest BCUT2D eigenvalue weighted by molar-refractivity contribution is 0.591. The molecule has 18 aromatic rings. The van der Waals surface area contributed by atoms with Crippen LogP contribution >= 0.6 is 0 Å². The van der Waals surface area contributed by atoms with E-state index in [-0.39, 0.29) is 55.4 Å². The largest absolute Gasteiger partial charge is 0.287 e. The molecule has 0 amide bonds. The summed E-state index contributed by atoms with van der Waals surface area (Å²) in [5.41, 5.74) is -7.41. The molecule has 0 saturated heterocycles. The molecule has 0 bridgehead atoms. The van der Waals surface area contributed by atoms with Gasteiger partial charge in [0.1, 0.15) is 88.2 Å². The Labute approximate surface area is 510 Å². The van der Waals surface area contributed by atoms with Crippen molar-refractivity contribution in [1.29, 1.82) is 21.6 Å². The molecule has 0 fully saturated rings. The number of hydrogen-bond donors (Lipinski definition) is 4. The zero-order valence-electron chi connectivity index (χ0n) is 49.5. The molecular formula is C72H44N12O8. The van der Waals surface area contributed by atoms with Crippen LogP contribution in [0.2, 0.25) is 0 Å². The van der Waals surface area contributed by atoms with Crippen LogP contribution in [0, 0.1) is 21.6 Å². The Morgan fingerprint density at radius 3 is 0.739 bits per heavy atom. The Morgan fingerprint density at radius 1 is 0.283 bits per heavy atom. The van der Waals surface area contributed by atoms with Crippen LogP contribution in [0.4, 0.5) is 0 Å². The van der Waals surface area contributed by atoms with Crippen molar-refractivity contribution in [2.24, 2.45) is 0 Å². The van der Waals surface area contributed by atoms with E-state index in [0.29, 0.717) is 43.1 Å². The summed E-state index contributed by atoms with van der Waals surface area (Å²) in [5, 5.41) is 43.8. The maximum Gasteiger partial charge on any atom is 0.271 e. The number of nitrogens with one attached hydrogen (secondary N) is 4. The second kappa shape index (κ2) is 17.7. The topological polar surface area (TPSA) is 301 Å². The molecule has 0 saturated carbocycles. The predicted molar refractivity (Wildman–Crippen MR) is 356 cm³/mol. The van der Waals surface area contributed by atoms with Gasteiger partial charge in [-0.25, -0.2) is 37.5 Å². The van der Waals surface area contributed by atoms with Gasteiger partial charge in [0.2, 0.25) is 21.7 Å². The minimum absolute atomic E-state index is 0.0511. The van der Waals surface area contributed by atoms with Crippen LogP contribution < -0.4 is 65.9 Å². The van der Waals surface area contributed by atoms with E-state index in [4.69, 9.17) is 21.6 Å². The van der Waals surface area contributed by atoms with Gasteiger partial charge in [-0.05, 0) is 114 Å². The Balaban J connectivity index is 0.000000143. The number of aromatic nitrogens is 8. The highest BCUT2D eigenvalue weighted by atomic mass is 16.2. The van der Waals surface area contributed by atoms with Gasteiger partial charge in [-0.15, -0.1) is 0 Å². The number of benzene rings is 10. The SMILES string of the molecule is CC(C)(C)c1ccc2cc3c(=N)n4c(=O)c5c(=O)c6nc7c8cc9cc(C(C)(C)C)ccc9cc8c(=N)n7c(=O)c6c(=O)c5nc4c3cc2c1.N=c1c2cc3ccccc3cc2c2nc3c(=O)c4c(=O)n5c(=N)c6cc7ccccc7cc6c5nc4c(=O)c3c(=O)n12. The van der Waals surface area contributed by atoms with E-state index in [2.05, 4.69) is 73.6 Å². The molecule has 0 aliphatic rings. The van der Waals surface area contributed by atoms with Crippen molar-refractivity contribution in [3.8, 4) is 0 Å². The van der Waals surface area contributed by atoms with E-state index in [1.807, 2.05) is 84.9 Å². The van der Waals surface area contributed by atoms with Gasteiger partial charge >= 0.3 is 0 Å². The summed E-state index contributed by atoms with van der Waals surface area (Å²) in [6.45, 7) is 12.7. The van der Waals surface area contributed by atoms with E-state index >= 15 is 0 Å². The molecule has 20 heteroatoms. The first-order chi connectivity index (χ1) is 43.9. The highest BCUT2D eigenvalue weighted by Crippen LogP contribution is 2.33. The molecule has 0 atom stereocenters. The van der Waals surface area contributed by atoms with Crippen molar-refractivity contribution >= 4 is 152 Å². The molecule has 10 aromatic carbocycles. The molecular weight excluding hydrogens is 1160 g/mol. The fourth-order valence-electron chi connectivity index (χ4n) is 13.6. The number of hydrogen-bond acceptors (Lipinski definition) is 16. The van der Waals surface area contributed by atoms with Gasteiger partial charge in [0, 0.05) is 43.1 Å². The quantitative estimate of drug-likeness (QED) is 0.106. The van der Waals surface area contributed by atoms with Crippen molar-refractivity contribution in [2.45, 2.75) is 52.4 Å². The van der Waals surface area contributed by atoms with Gasteiger partial charge in [-0.2, -0.15) is 0 Å². The molecule has 8 aromatic heterocycles. The van der Waals surface area contributed by atoms with Gasteiger partial charge in [-0.3, -0.25) is 60.0 Å². The molecule has 18 rings (SSSR count). The van der Waals surface area contributed by atoms with Crippen molar-refractivity contribution < 1.29 is 0 Å². The number of nitrogens with zero attached hydrogens (tertiary/aromatic N) is 8. The van der Waals surface area contributed by atoms with E-state index < -0.39 is 87.6 Å². The molecule has 8 heterocycles. The second-order valence-electron chi connectivity index (χ2n) is 25.8. The van der Waals surface area contributed by atoms with Crippen molar-refractivity contribution in [1.82, 2.24) is 37.5 Å².